The summed E-state index contributed by atoms with van der Waals surface area (Å²) in [4.78, 5) is 1.98. The number of likely N-dealkylation sites (N-methyl/N-ethyl adjacent to an activating group) is 1. The second-order valence-electron chi connectivity index (χ2n) is 4.41. The maximum absolute atomic E-state index is 11.6. The Bertz CT molecular complexity index is 300. The molecule has 1 aliphatic rings. The maximum Gasteiger partial charge on any atom is 0.152 e. The molecule has 0 amide bonds. The lowest BCUT2D eigenvalue weighted by Crippen LogP contribution is -2.57. The molecule has 5 heteroatoms. The first kappa shape index (κ1) is 11.9. The Kier molecular flexibility index (Phi) is 3.23. The molecule has 84 valence electrons. The molecule has 0 radical (unpaired) electrons. The van der Waals surface area contributed by atoms with E-state index < -0.39 is 9.84 Å². The van der Waals surface area contributed by atoms with E-state index in [1.54, 1.807) is 0 Å². The van der Waals surface area contributed by atoms with Crippen molar-refractivity contribution in [2.24, 2.45) is 5.73 Å². The lowest BCUT2D eigenvalue weighted by Gasteiger charge is -2.39. The van der Waals surface area contributed by atoms with Gasteiger partial charge in [0, 0.05) is 18.3 Å². The van der Waals surface area contributed by atoms with Crippen LogP contribution in [0.3, 0.4) is 0 Å². The SMILES string of the molecule is CN(C)C1(CN)CCCC1S(C)(=O)=O. The van der Waals surface area contributed by atoms with Crippen LogP contribution in [-0.4, -0.2) is 51.0 Å². The molecule has 0 bridgehead atoms. The summed E-state index contributed by atoms with van der Waals surface area (Å²) in [5.41, 5.74) is 5.41. The van der Waals surface area contributed by atoms with Gasteiger partial charge in [-0.3, -0.25) is 0 Å². The fraction of sp³-hybridized carbons (Fsp3) is 1.00. The molecule has 2 N–H and O–H groups in total. The van der Waals surface area contributed by atoms with Crippen LogP contribution in [0.5, 0.6) is 0 Å². The molecule has 1 saturated carbocycles. The third kappa shape index (κ3) is 1.81. The van der Waals surface area contributed by atoms with Crippen molar-refractivity contribution >= 4 is 9.84 Å². The number of hydrogen-bond donors (Lipinski definition) is 1. The Labute approximate surface area is 86.4 Å². The molecule has 0 aromatic rings. The van der Waals surface area contributed by atoms with Gasteiger partial charge in [-0.25, -0.2) is 8.42 Å². The average molecular weight is 220 g/mol. The van der Waals surface area contributed by atoms with Crippen molar-refractivity contribution < 1.29 is 8.42 Å². The topological polar surface area (TPSA) is 63.4 Å². The normalized spacial score (nSPS) is 33.9. The number of nitrogens with zero attached hydrogens (tertiary/aromatic N) is 1. The fourth-order valence-corrected chi connectivity index (χ4v) is 4.38. The van der Waals surface area contributed by atoms with Crippen molar-refractivity contribution in [1.82, 2.24) is 4.90 Å². The van der Waals surface area contributed by atoms with Crippen LogP contribution in [0.4, 0.5) is 0 Å². The van der Waals surface area contributed by atoms with Gasteiger partial charge in [-0.2, -0.15) is 0 Å². The Balaban J connectivity index is 3.07. The second-order valence-corrected chi connectivity index (χ2v) is 6.64. The largest absolute Gasteiger partial charge is 0.329 e. The highest BCUT2D eigenvalue weighted by molar-refractivity contribution is 7.91. The van der Waals surface area contributed by atoms with Crippen LogP contribution in [0.25, 0.3) is 0 Å². The van der Waals surface area contributed by atoms with E-state index in [-0.39, 0.29) is 10.8 Å². The average Bonchev–Trinajstić information content (AvgIpc) is 2.47. The highest BCUT2D eigenvalue weighted by Gasteiger charge is 2.48. The molecule has 0 spiro atoms. The molecule has 0 saturated heterocycles. The van der Waals surface area contributed by atoms with E-state index in [4.69, 9.17) is 5.73 Å². The van der Waals surface area contributed by atoms with Crippen LogP contribution in [-0.2, 0) is 9.84 Å². The molecule has 1 rings (SSSR count). The van der Waals surface area contributed by atoms with Crippen molar-refractivity contribution in [1.29, 1.82) is 0 Å². The zero-order chi connectivity index (χ0) is 11.0. The first-order valence-corrected chi connectivity index (χ1v) is 6.86. The molecule has 2 atom stereocenters. The Morgan fingerprint density at radius 3 is 2.36 bits per heavy atom. The number of rotatable bonds is 3. The highest BCUT2D eigenvalue weighted by Crippen LogP contribution is 2.37. The summed E-state index contributed by atoms with van der Waals surface area (Å²) in [6, 6.07) is 0. The summed E-state index contributed by atoms with van der Waals surface area (Å²) in [6.07, 6.45) is 3.90. The quantitative estimate of drug-likeness (QED) is 0.718. The summed E-state index contributed by atoms with van der Waals surface area (Å²) in [5.74, 6) is 0. The Hall–Kier alpha value is -0.130. The zero-order valence-electron chi connectivity index (χ0n) is 9.16. The fourth-order valence-electron chi connectivity index (χ4n) is 2.56. The Morgan fingerprint density at radius 2 is 2.07 bits per heavy atom. The molecule has 14 heavy (non-hydrogen) atoms. The van der Waals surface area contributed by atoms with Gasteiger partial charge in [0.15, 0.2) is 9.84 Å². The van der Waals surface area contributed by atoms with Crippen molar-refractivity contribution in [3.05, 3.63) is 0 Å². The number of hydrogen-bond acceptors (Lipinski definition) is 4. The van der Waals surface area contributed by atoms with Gasteiger partial charge in [0.1, 0.15) is 0 Å². The molecule has 1 fully saturated rings. The first-order valence-electron chi connectivity index (χ1n) is 4.91. The molecule has 1 aliphatic carbocycles. The van der Waals surface area contributed by atoms with Gasteiger partial charge in [0.05, 0.1) is 5.25 Å². The standard InChI is InChI=1S/C9H20N2O2S/c1-11(2)9(7-10)6-4-5-8(9)14(3,12)13/h8H,4-7,10H2,1-3H3. The van der Waals surface area contributed by atoms with Crippen molar-refractivity contribution in [3.63, 3.8) is 0 Å². The summed E-state index contributed by atoms with van der Waals surface area (Å²) in [5, 5.41) is -0.296. The summed E-state index contributed by atoms with van der Waals surface area (Å²) in [6.45, 7) is 0.414. The molecule has 0 aliphatic heterocycles. The lowest BCUT2D eigenvalue weighted by atomic mass is 9.96. The lowest BCUT2D eigenvalue weighted by molar-refractivity contribution is 0.169. The smallest absolute Gasteiger partial charge is 0.152 e. The van der Waals surface area contributed by atoms with Gasteiger partial charge in [-0.05, 0) is 26.9 Å². The Morgan fingerprint density at radius 1 is 1.50 bits per heavy atom. The molecule has 0 aromatic carbocycles. The highest BCUT2D eigenvalue weighted by atomic mass is 32.2. The number of sulfone groups is 1. The van der Waals surface area contributed by atoms with Gasteiger partial charge in [-0.1, -0.05) is 6.42 Å². The first-order chi connectivity index (χ1) is 6.34. The molecular formula is C9H20N2O2S. The zero-order valence-corrected chi connectivity index (χ0v) is 9.97. The molecule has 4 nitrogen and oxygen atoms in total. The van der Waals surface area contributed by atoms with Gasteiger partial charge in [0.2, 0.25) is 0 Å². The van der Waals surface area contributed by atoms with Crippen LogP contribution in [0.1, 0.15) is 19.3 Å². The van der Waals surface area contributed by atoms with Gasteiger partial charge < -0.3 is 10.6 Å². The van der Waals surface area contributed by atoms with E-state index in [0.717, 1.165) is 19.3 Å². The predicted octanol–water partition coefficient (Wildman–Crippen LogP) is -0.157. The second kappa shape index (κ2) is 3.79. The minimum Gasteiger partial charge on any atom is -0.329 e. The molecule has 2 unspecified atom stereocenters. The van der Waals surface area contributed by atoms with Crippen molar-refractivity contribution in [3.8, 4) is 0 Å². The summed E-state index contributed by atoms with van der Waals surface area (Å²) >= 11 is 0. The monoisotopic (exact) mass is 220 g/mol. The third-order valence-electron chi connectivity index (χ3n) is 3.44. The van der Waals surface area contributed by atoms with Crippen LogP contribution in [0.15, 0.2) is 0 Å². The maximum atomic E-state index is 11.6. The van der Waals surface area contributed by atoms with Crippen molar-refractivity contribution in [2.75, 3.05) is 26.9 Å². The van der Waals surface area contributed by atoms with E-state index in [1.807, 2.05) is 19.0 Å². The minimum atomic E-state index is -2.99. The van der Waals surface area contributed by atoms with E-state index in [0.29, 0.717) is 6.54 Å². The van der Waals surface area contributed by atoms with Crippen LogP contribution in [0, 0.1) is 0 Å². The molecular weight excluding hydrogens is 200 g/mol. The summed E-state index contributed by atoms with van der Waals surface area (Å²) in [7, 11) is 0.837. The minimum absolute atomic E-state index is 0.296. The molecule has 0 heterocycles. The van der Waals surface area contributed by atoms with Gasteiger partial charge >= 0.3 is 0 Å². The van der Waals surface area contributed by atoms with Gasteiger partial charge in [0.25, 0.3) is 0 Å². The molecule has 0 aromatic heterocycles. The van der Waals surface area contributed by atoms with E-state index in [2.05, 4.69) is 0 Å². The third-order valence-corrected chi connectivity index (χ3v) is 5.14. The van der Waals surface area contributed by atoms with E-state index in [9.17, 15) is 8.42 Å². The van der Waals surface area contributed by atoms with Crippen LogP contribution in [0.2, 0.25) is 0 Å². The summed E-state index contributed by atoms with van der Waals surface area (Å²) < 4.78 is 23.3. The van der Waals surface area contributed by atoms with Crippen molar-refractivity contribution in [2.45, 2.75) is 30.1 Å². The number of nitrogens with two attached hydrogens (primary N) is 1. The van der Waals surface area contributed by atoms with Gasteiger partial charge in [-0.15, -0.1) is 0 Å². The van der Waals surface area contributed by atoms with E-state index >= 15 is 0 Å². The predicted molar refractivity (Wildman–Crippen MR) is 58.0 cm³/mol. The van der Waals surface area contributed by atoms with Crippen LogP contribution < -0.4 is 5.73 Å². The van der Waals surface area contributed by atoms with E-state index in [1.165, 1.54) is 6.26 Å². The van der Waals surface area contributed by atoms with Crippen LogP contribution >= 0.6 is 0 Å².